The maximum absolute atomic E-state index is 15.2. The summed E-state index contributed by atoms with van der Waals surface area (Å²) < 4.78 is 49.4. The number of amides is 1. The molecule has 3 aromatic rings. The number of halogens is 3. The fourth-order valence-electron chi connectivity index (χ4n) is 5.18. The van der Waals surface area contributed by atoms with Gasteiger partial charge < -0.3 is 20.1 Å². The lowest BCUT2D eigenvalue weighted by molar-refractivity contribution is -0.128. The van der Waals surface area contributed by atoms with Crippen molar-refractivity contribution in [2.75, 3.05) is 31.6 Å². The van der Waals surface area contributed by atoms with E-state index in [0.29, 0.717) is 54.4 Å². The first-order valence-electron chi connectivity index (χ1n) is 12.6. The highest BCUT2D eigenvalue weighted by atomic mass is 19.3. The SMILES string of the molecule is CC(=O)N1CC=C(c2cc3c(N[C@H](C)c4cccc(C(F)(F)CO)c4F)nc(C)nc3c3c2CCO3)CC1. The molecule has 1 amide bonds. The molecule has 0 radical (unpaired) electrons. The molecule has 1 atom stereocenters. The third-order valence-electron chi connectivity index (χ3n) is 7.20. The van der Waals surface area contributed by atoms with Gasteiger partial charge >= 0.3 is 0 Å². The molecule has 2 aromatic carbocycles. The first kappa shape index (κ1) is 26.0. The number of hydrogen-bond acceptors (Lipinski definition) is 6. The van der Waals surface area contributed by atoms with Crippen LogP contribution >= 0.6 is 0 Å². The molecule has 0 bridgehead atoms. The quantitative estimate of drug-likeness (QED) is 0.475. The number of nitrogens with zero attached hydrogens (tertiary/aromatic N) is 3. The van der Waals surface area contributed by atoms with Crippen molar-refractivity contribution in [1.29, 1.82) is 0 Å². The largest absolute Gasteiger partial charge is 0.491 e. The molecule has 10 heteroatoms. The first-order valence-corrected chi connectivity index (χ1v) is 12.6. The summed E-state index contributed by atoms with van der Waals surface area (Å²) in [7, 11) is 0. The van der Waals surface area contributed by atoms with Crippen molar-refractivity contribution >= 4 is 28.2 Å². The van der Waals surface area contributed by atoms with E-state index in [-0.39, 0.29) is 11.5 Å². The van der Waals surface area contributed by atoms with Gasteiger partial charge in [0.25, 0.3) is 5.92 Å². The molecule has 0 fully saturated rings. The maximum atomic E-state index is 15.2. The Hall–Kier alpha value is -3.66. The molecule has 38 heavy (non-hydrogen) atoms. The van der Waals surface area contributed by atoms with E-state index in [1.807, 2.05) is 6.07 Å². The van der Waals surface area contributed by atoms with Gasteiger partial charge in [0.2, 0.25) is 5.91 Å². The molecule has 0 saturated carbocycles. The Bertz CT molecular complexity index is 1460. The van der Waals surface area contributed by atoms with Gasteiger partial charge in [0.1, 0.15) is 35.3 Å². The van der Waals surface area contributed by atoms with Crippen LogP contribution in [0.15, 0.2) is 30.3 Å². The summed E-state index contributed by atoms with van der Waals surface area (Å²) >= 11 is 0. The molecule has 2 N–H and O–H groups in total. The van der Waals surface area contributed by atoms with Gasteiger partial charge in [-0.3, -0.25) is 4.79 Å². The summed E-state index contributed by atoms with van der Waals surface area (Å²) in [6.07, 6.45) is 3.48. The number of hydrogen-bond donors (Lipinski definition) is 2. The van der Waals surface area contributed by atoms with Crippen molar-refractivity contribution in [2.45, 2.75) is 45.6 Å². The fraction of sp³-hybridized carbons (Fsp3) is 0.393. The molecule has 200 valence electrons. The van der Waals surface area contributed by atoms with E-state index in [1.165, 1.54) is 12.1 Å². The smallest absolute Gasteiger partial charge is 0.298 e. The monoisotopic (exact) mass is 526 g/mol. The van der Waals surface area contributed by atoms with Crippen LogP contribution in [0, 0.1) is 12.7 Å². The second kappa shape index (κ2) is 9.90. The molecule has 0 unspecified atom stereocenters. The number of alkyl halides is 2. The van der Waals surface area contributed by atoms with E-state index in [4.69, 9.17) is 9.84 Å². The third kappa shape index (κ3) is 4.57. The molecule has 5 rings (SSSR count). The van der Waals surface area contributed by atoms with Crippen molar-refractivity contribution < 1.29 is 27.8 Å². The predicted octanol–water partition coefficient (Wildman–Crippen LogP) is 4.91. The molecule has 7 nitrogen and oxygen atoms in total. The Labute approximate surface area is 218 Å². The lowest BCUT2D eigenvalue weighted by Crippen LogP contribution is -2.32. The standard InChI is InChI=1S/C28H29F3N4O3/c1-15(19-5-4-6-23(24(19)29)28(30,31)14-36)32-27-22-13-21(18-7-10-35(11-8-18)17(3)37)20-9-12-38-26(20)25(22)33-16(2)34-27/h4-7,13,15,36H,8-12,14H2,1-3H3,(H,32,33,34)/t15-/m1/s1. The van der Waals surface area contributed by atoms with E-state index in [9.17, 15) is 13.6 Å². The van der Waals surface area contributed by atoms with Crippen molar-refractivity contribution in [2.24, 2.45) is 0 Å². The van der Waals surface area contributed by atoms with Crippen molar-refractivity contribution in [3.63, 3.8) is 0 Å². The van der Waals surface area contributed by atoms with Gasteiger partial charge in [-0.2, -0.15) is 8.78 Å². The third-order valence-corrected chi connectivity index (χ3v) is 7.20. The first-order chi connectivity index (χ1) is 18.1. The number of aliphatic hydroxyl groups is 1. The Morgan fingerprint density at radius 2 is 2.08 bits per heavy atom. The van der Waals surface area contributed by atoms with Crippen LogP contribution in [-0.2, 0) is 17.1 Å². The van der Waals surface area contributed by atoms with Crippen LogP contribution in [0.2, 0.25) is 0 Å². The van der Waals surface area contributed by atoms with E-state index in [1.54, 1.807) is 25.7 Å². The van der Waals surface area contributed by atoms with Crippen LogP contribution in [0.3, 0.4) is 0 Å². The molecule has 0 saturated heterocycles. The Balaban J connectivity index is 1.58. The lowest BCUT2D eigenvalue weighted by atomic mass is 9.91. The Kier molecular flexibility index (Phi) is 6.77. The number of carbonyl (C=O) groups is 1. The normalized spacial score (nSPS) is 16.2. The van der Waals surface area contributed by atoms with E-state index >= 15 is 4.39 Å². The van der Waals surface area contributed by atoms with E-state index in [0.717, 1.165) is 29.2 Å². The maximum Gasteiger partial charge on any atom is 0.298 e. The highest BCUT2D eigenvalue weighted by molar-refractivity contribution is 5.98. The average molecular weight is 527 g/mol. The zero-order valence-corrected chi connectivity index (χ0v) is 21.4. The average Bonchev–Trinajstić information content (AvgIpc) is 3.39. The Morgan fingerprint density at radius 3 is 2.76 bits per heavy atom. The van der Waals surface area contributed by atoms with Crippen LogP contribution in [0.25, 0.3) is 16.5 Å². The van der Waals surface area contributed by atoms with E-state index < -0.39 is 30.0 Å². The minimum absolute atomic E-state index is 0.0250. The molecule has 3 heterocycles. The van der Waals surface area contributed by atoms with Gasteiger partial charge in [-0.15, -0.1) is 0 Å². The number of rotatable bonds is 6. The number of anilines is 1. The number of carbonyl (C=O) groups excluding carboxylic acids is 1. The Morgan fingerprint density at radius 1 is 1.29 bits per heavy atom. The predicted molar refractivity (Wildman–Crippen MR) is 138 cm³/mol. The highest BCUT2D eigenvalue weighted by Crippen LogP contribution is 2.42. The van der Waals surface area contributed by atoms with Crippen LogP contribution in [-0.4, -0.2) is 52.2 Å². The van der Waals surface area contributed by atoms with E-state index in [2.05, 4.69) is 21.4 Å². The number of aryl methyl sites for hydroxylation is 1. The van der Waals surface area contributed by atoms with Crippen LogP contribution in [0.4, 0.5) is 19.0 Å². The number of aliphatic hydroxyl groups excluding tert-OH is 1. The van der Waals surface area contributed by atoms with Crippen molar-refractivity contribution in [1.82, 2.24) is 14.9 Å². The summed E-state index contributed by atoms with van der Waals surface area (Å²) in [5, 5.41) is 12.9. The fourth-order valence-corrected chi connectivity index (χ4v) is 5.18. The zero-order chi connectivity index (χ0) is 27.2. The van der Waals surface area contributed by atoms with Gasteiger partial charge in [-0.25, -0.2) is 14.4 Å². The number of nitrogens with one attached hydrogen (secondary N) is 1. The summed E-state index contributed by atoms with van der Waals surface area (Å²) in [4.78, 5) is 22.8. The molecular weight excluding hydrogens is 497 g/mol. The van der Waals surface area contributed by atoms with Gasteiger partial charge in [-0.1, -0.05) is 18.2 Å². The van der Waals surface area contributed by atoms with Crippen molar-refractivity contribution in [3.05, 3.63) is 64.2 Å². The van der Waals surface area contributed by atoms with Gasteiger partial charge in [-0.05, 0) is 43.5 Å². The number of ether oxygens (including phenoxy) is 1. The topological polar surface area (TPSA) is 87.6 Å². The van der Waals surface area contributed by atoms with Gasteiger partial charge in [0.05, 0.1) is 18.2 Å². The second-order valence-electron chi connectivity index (χ2n) is 9.73. The molecule has 0 spiro atoms. The van der Waals surface area contributed by atoms with Gasteiger partial charge in [0.15, 0.2) is 0 Å². The summed E-state index contributed by atoms with van der Waals surface area (Å²) in [5.74, 6) is -3.15. The van der Waals surface area contributed by atoms with Crippen molar-refractivity contribution in [3.8, 4) is 5.75 Å². The molecule has 2 aliphatic heterocycles. The minimum atomic E-state index is -3.70. The number of benzene rings is 2. The summed E-state index contributed by atoms with van der Waals surface area (Å²) in [5.41, 5.74) is 2.97. The second-order valence-corrected chi connectivity index (χ2v) is 9.73. The minimum Gasteiger partial charge on any atom is -0.491 e. The zero-order valence-electron chi connectivity index (χ0n) is 21.4. The molecule has 1 aromatic heterocycles. The van der Waals surface area contributed by atoms with Crippen LogP contribution < -0.4 is 10.1 Å². The molecule has 2 aliphatic rings. The highest BCUT2D eigenvalue weighted by Gasteiger charge is 2.35. The summed E-state index contributed by atoms with van der Waals surface area (Å²) in [6.45, 7) is 5.14. The lowest BCUT2D eigenvalue weighted by Gasteiger charge is -2.26. The van der Waals surface area contributed by atoms with Crippen LogP contribution in [0.1, 0.15) is 54.4 Å². The number of aromatic nitrogens is 2. The molecular formula is C28H29F3N4O3. The molecule has 0 aliphatic carbocycles. The van der Waals surface area contributed by atoms with Crippen LogP contribution in [0.5, 0.6) is 5.75 Å². The summed E-state index contributed by atoms with van der Waals surface area (Å²) in [6, 6.07) is 5.03. The van der Waals surface area contributed by atoms with Gasteiger partial charge in [0, 0.05) is 42.9 Å². The number of fused-ring (bicyclic) bond motifs is 3.